The van der Waals surface area contributed by atoms with Gasteiger partial charge in [-0.25, -0.2) is 4.98 Å². The van der Waals surface area contributed by atoms with Gasteiger partial charge in [-0.15, -0.1) is 11.3 Å². The largest absolute Gasteiger partial charge is 0.322 e. The van der Waals surface area contributed by atoms with Gasteiger partial charge >= 0.3 is 0 Å². The molecule has 3 N–H and O–H groups in total. The standard InChI is InChI=1S/C9H10N6S/c10-7(8-4-11-14-13-8)3-6-5-15-1-2-16-9(15)12-6/h1-2,4-5,7H,3,10H2,(H,11,13,14). The van der Waals surface area contributed by atoms with Crippen molar-refractivity contribution in [3.05, 3.63) is 35.4 Å². The second-order valence-electron chi connectivity index (χ2n) is 3.53. The first-order valence-electron chi connectivity index (χ1n) is 4.85. The average Bonchev–Trinajstić information content (AvgIpc) is 2.91. The van der Waals surface area contributed by atoms with Gasteiger partial charge in [0.15, 0.2) is 4.96 Å². The number of fused-ring (bicyclic) bond motifs is 1. The van der Waals surface area contributed by atoms with Crippen LogP contribution >= 0.6 is 11.3 Å². The van der Waals surface area contributed by atoms with Crippen LogP contribution in [0, 0.1) is 0 Å². The molecule has 3 aromatic heterocycles. The van der Waals surface area contributed by atoms with E-state index >= 15 is 0 Å². The van der Waals surface area contributed by atoms with Crippen molar-refractivity contribution in [2.45, 2.75) is 12.5 Å². The van der Waals surface area contributed by atoms with Crippen LogP contribution in [0.3, 0.4) is 0 Å². The van der Waals surface area contributed by atoms with Crippen LogP contribution in [-0.2, 0) is 6.42 Å². The summed E-state index contributed by atoms with van der Waals surface area (Å²) in [6.45, 7) is 0. The molecule has 6 nitrogen and oxygen atoms in total. The fourth-order valence-electron chi connectivity index (χ4n) is 1.59. The minimum atomic E-state index is -0.164. The number of aromatic amines is 1. The highest BCUT2D eigenvalue weighted by molar-refractivity contribution is 7.15. The number of thiazole rings is 1. The molecule has 0 aliphatic rings. The molecule has 0 radical (unpaired) electrons. The van der Waals surface area contributed by atoms with Gasteiger partial charge in [-0.2, -0.15) is 15.4 Å². The van der Waals surface area contributed by atoms with Crippen molar-refractivity contribution < 1.29 is 0 Å². The van der Waals surface area contributed by atoms with Gasteiger partial charge in [-0.3, -0.25) is 4.40 Å². The van der Waals surface area contributed by atoms with Gasteiger partial charge in [0, 0.05) is 24.2 Å². The highest BCUT2D eigenvalue weighted by atomic mass is 32.1. The molecule has 1 unspecified atom stereocenters. The van der Waals surface area contributed by atoms with Crippen LogP contribution < -0.4 is 5.73 Å². The number of H-pyrrole nitrogens is 1. The van der Waals surface area contributed by atoms with Crippen molar-refractivity contribution in [3.63, 3.8) is 0 Å². The van der Waals surface area contributed by atoms with Crippen LogP contribution in [0.2, 0.25) is 0 Å². The summed E-state index contributed by atoms with van der Waals surface area (Å²) in [6, 6.07) is -0.164. The molecule has 3 aromatic rings. The highest BCUT2D eigenvalue weighted by Gasteiger charge is 2.12. The maximum absolute atomic E-state index is 5.99. The van der Waals surface area contributed by atoms with E-state index in [1.807, 2.05) is 22.2 Å². The van der Waals surface area contributed by atoms with Crippen LogP contribution in [0.1, 0.15) is 17.4 Å². The van der Waals surface area contributed by atoms with Gasteiger partial charge < -0.3 is 5.73 Å². The molecule has 0 bridgehead atoms. The Hall–Kier alpha value is -1.73. The molecule has 7 heteroatoms. The monoisotopic (exact) mass is 234 g/mol. The molecule has 0 fully saturated rings. The van der Waals surface area contributed by atoms with Crippen LogP contribution in [0.4, 0.5) is 0 Å². The molecule has 16 heavy (non-hydrogen) atoms. The van der Waals surface area contributed by atoms with Gasteiger partial charge in [0.2, 0.25) is 0 Å². The molecule has 0 saturated heterocycles. The van der Waals surface area contributed by atoms with Gasteiger partial charge in [-0.1, -0.05) is 0 Å². The number of nitrogens with one attached hydrogen (secondary N) is 1. The number of rotatable bonds is 3. The lowest BCUT2D eigenvalue weighted by atomic mass is 10.1. The number of hydrogen-bond donors (Lipinski definition) is 2. The molecule has 0 aromatic carbocycles. The Morgan fingerprint density at radius 1 is 1.56 bits per heavy atom. The number of aromatic nitrogens is 5. The first-order valence-corrected chi connectivity index (χ1v) is 5.73. The van der Waals surface area contributed by atoms with Crippen molar-refractivity contribution in [1.82, 2.24) is 24.8 Å². The average molecular weight is 234 g/mol. The Kier molecular flexibility index (Phi) is 2.19. The minimum Gasteiger partial charge on any atom is -0.322 e. The normalized spacial score (nSPS) is 13.3. The second kappa shape index (κ2) is 3.69. The second-order valence-corrected chi connectivity index (χ2v) is 4.40. The van der Waals surface area contributed by atoms with Crippen LogP contribution in [-0.4, -0.2) is 24.8 Å². The molecule has 0 aliphatic heterocycles. The Balaban J connectivity index is 1.82. The van der Waals surface area contributed by atoms with Crippen molar-refractivity contribution in [2.75, 3.05) is 0 Å². The van der Waals surface area contributed by atoms with E-state index in [4.69, 9.17) is 5.73 Å². The molecular formula is C9H10N6S. The highest BCUT2D eigenvalue weighted by Crippen LogP contribution is 2.16. The fraction of sp³-hybridized carbons (Fsp3) is 0.222. The van der Waals surface area contributed by atoms with E-state index < -0.39 is 0 Å². The first kappa shape index (κ1) is 9.49. The predicted molar refractivity (Wildman–Crippen MR) is 60.1 cm³/mol. The Bertz CT molecular complexity index is 551. The van der Waals surface area contributed by atoms with E-state index in [-0.39, 0.29) is 6.04 Å². The van der Waals surface area contributed by atoms with E-state index in [2.05, 4.69) is 20.4 Å². The molecule has 0 saturated carbocycles. The van der Waals surface area contributed by atoms with Gasteiger partial charge in [0.05, 0.1) is 23.6 Å². The lowest BCUT2D eigenvalue weighted by molar-refractivity contribution is 0.682. The molecule has 3 rings (SSSR count). The fourth-order valence-corrected chi connectivity index (χ4v) is 2.31. The number of hydrogen-bond acceptors (Lipinski definition) is 5. The Morgan fingerprint density at radius 2 is 2.50 bits per heavy atom. The zero-order valence-electron chi connectivity index (χ0n) is 8.37. The molecule has 1 atom stereocenters. The summed E-state index contributed by atoms with van der Waals surface area (Å²) in [6.07, 6.45) is 6.29. The number of nitrogens with zero attached hydrogens (tertiary/aromatic N) is 4. The molecular weight excluding hydrogens is 224 g/mol. The zero-order chi connectivity index (χ0) is 11.0. The van der Waals surface area contributed by atoms with Crippen molar-refractivity contribution >= 4 is 16.3 Å². The maximum Gasteiger partial charge on any atom is 0.193 e. The third-order valence-corrected chi connectivity index (χ3v) is 3.16. The molecule has 82 valence electrons. The lowest BCUT2D eigenvalue weighted by Crippen LogP contribution is -2.14. The smallest absolute Gasteiger partial charge is 0.193 e. The topological polar surface area (TPSA) is 84.9 Å². The Morgan fingerprint density at radius 3 is 3.25 bits per heavy atom. The summed E-state index contributed by atoms with van der Waals surface area (Å²) in [4.78, 5) is 5.45. The Labute approximate surface area is 95.1 Å². The number of imidazole rings is 1. The molecule has 0 aliphatic carbocycles. The predicted octanol–water partition coefficient (Wildman–Crippen LogP) is 0.756. The van der Waals surface area contributed by atoms with Crippen molar-refractivity contribution in [2.24, 2.45) is 5.73 Å². The van der Waals surface area contributed by atoms with Crippen LogP contribution in [0.5, 0.6) is 0 Å². The minimum absolute atomic E-state index is 0.164. The summed E-state index contributed by atoms with van der Waals surface area (Å²) in [5.41, 5.74) is 7.73. The summed E-state index contributed by atoms with van der Waals surface area (Å²) >= 11 is 1.61. The van der Waals surface area contributed by atoms with Crippen molar-refractivity contribution in [3.8, 4) is 0 Å². The SMILES string of the molecule is NC(Cc1cn2ccsc2n1)c1cn[nH]n1. The van der Waals surface area contributed by atoms with Gasteiger partial charge in [0.1, 0.15) is 0 Å². The molecule has 3 heterocycles. The summed E-state index contributed by atoms with van der Waals surface area (Å²) in [5.74, 6) is 0. The third kappa shape index (κ3) is 1.59. The van der Waals surface area contributed by atoms with Gasteiger partial charge in [-0.05, 0) is 0 Å². The zero-order valence-corrected chi connectivity index (χ0v) is 9.18. The summed E-state index contributed by atoms with van der Waals surface area (Å²) < 4.78 is 2.00. The van der Waals surface area contributed by atoms with Crippen LogP contribution in [0.25, 0.3) is 4.96 Å². The quantitative estimate of drug-likeness (QED) is 0.700. The van der Waals surface area contributed by atoms with E-state index in [1.54, 1.807) is 17.5 Å². The number of nitrogens with two attached hydrogens (primary N) is 1. The third-order valence-electron chi connectivity index (χ3n) is 2.39. The van der Waals surface area contributed by atoms with Gasteiger partial charge in [0.25, 0.3) is 0 Å². The maximum atomic E-state index is 5.99. The summed E-state index contributed by atoms with van der Waals surface area (Å²) in [7, 11) is 0. The molecule has 0 spiro atoms. The summed E-state index contributed by atoms with van der Waals surface area (Å²) in [5, 5.41) is 12.3. The first-order chi connectivity index (χ1) is 7.83. The van der Waals surface area contributed by atoms with E-state index in [1.165, 1.54) is 0 Å². The van der Waals surface area contributed by atoms with Crippen LogP contribution in [0.15, 0.2) is 24.0 Å². The van der Waals surface area contributed by atoms with E-state index in [0.717, 1.165) is 16.3 Å². The van der Waals surface area contributed by atoms with E-state index in [9.17, 15) is 0 Å². The van der Waals surface area contributed by atoms with E-state index in [0.29, 0.717) is 6.42 Å². The van der Waals surface area contributed by atoms with Crippen molar-refractivity contribution in [1.29, 1.82) is 0 Å². The molecule has 0 amide bonds. The lowest BCUT2D eigenvalue weighted by Gasteiger charge is -2.04.